The SMILES string of the molecule is Cc1ccnc(Oc2cc(Br)ccc2F)c1C(N)=O. The van der Waals surface area contributed by atoms with Gasteiger partial charge in [-0.15, -0.1) is 0 Å². The van der Waals surface area contributed by atoms with Gasteiger partial charge < -0.3 is 10.5 Å². The van der Waals surface area contributed by atoms with Crippen LogP contribution in [0.2, 0.25) is 0 Å². The van der Waals surface area contributed by atoms with Gasteiger partial charge in [0.25, 0.3) is 5.91 Å². The molecule has 2 aromatic rings. The van der Waals surface area contributed by atoms with Gasteiger partial charge in [-0.1, -0.05) is 15.9 Å². The number of hydrogen-bond donors (Lipinski definition) is 1. The zero-order valence-corrected chi connectivity index (χ0v) is 11.6. The Balaban J connectivity index is 2.46. The largest absolute Gasteiger partial charge is 0.435 e. The second-order valence-corrected chi connectivity index (χ2v) is 4.76. The third kappa shape index (κ3) is 2.90. The van der Waals surface area contributed by atoms with E-state index < -0.39 is 11.7 Å². The van der Waals surface area contributed by atoms with Crippen molar-refractivity contribution in [1.82, 2.24) is 4.98 Å². The molecule has 0 radical (unpaired) electrons. The molecule has 19 heavy (non-hydrogen) atoms. The number of ether oxygens (including phenoxy) is 1. The number of carbonyl (C=O) groups excluding carboxylic acids is 1. The summed E-state index contributed by atoms with van der Waals surface area (Å²) in [6.45, 7) is 1.70. The zero-order valence-electron chi connectivity index (χ0n) is 9.98. The summed E-state index contributed by atoms with van der Waals surface area (Å²) in [6, 6.07) is 5.87. The smallest absolute Gasteiger partial charge is 0.254 e. The molecule has 1 heterocycles. The fourth-order valence-electron chi connectivity index (χ4n) is 1.57. The molecule has 0 aliphatic carbocycles. The quantitative estimate of drug-likeness (QED) is 0.942. The van der Waals surface area contributed by atoms with E-state index in [9.17, 15) is 9.18 Å². The summed E-state index contributed by atoms with van der Waals surface area (Å²) in [5, 5.41) is 0. The maximum atomic E-state index is 13.6. The van der Waals surface area contributed by atoms with Crippen LogP contribution in [0, 0.1) is 12.7 Å². The van der Waals surface area contributed by atoms with E-state index >= 15 is 0 Å². The number of aryl methyl sites for hydroxylation is 1. The average molecular weight is 325 g/mol. The summed E-state index contributed by atoms with van der Waals surface area (Å²) in [5.74, 6) is -1.27. The molecule has 6 heteroatoms. The molecule has 2 N–H and O–H groups in total. The molecule has 0 aliphatic rings. The van der Waals surface area contributed by atoms with Gasteiger partial charge >= 0.3 is 0 Å². The Morgan fingerprint density at radius 1 is 1.42 bits per heavy atom. The number of nitrogens with two attached hydrogens (primary N) is 1. The highest BCUT2D eigenvalue weighted by Crippen LogP contribution is 2.29. The van der Waals surface area contributed by atoms with Crippen LogP contribution in [0.5, 0.6) is 11.6 Å². The van der Waals surface area contributed by atoms with Gasteiger partial charge in [0.2, 0.25) is 5.88 Å². The number of primary amides is 1. The fourth-order valence-corrected chi connectivity index (χ4v) is 1.91. The lowest BCUT2D eigenvalue weighted by molar-refractivity contribution is 0.0996. The number of rotatable bonds is 3. The summed E-state index contributed by atoms with van der Waals surface area (Å²) in [4.78, 5) is 15.3. The standard InChI is InChI=1S/C13H10BrFN2O2/c1-7-4-5-17-13(11(7)12(16)18)19-10-6-8(14)2-3-9(10)15/h2-6H,1H3,(H2,16,18). The highest BCUT2D eigenvalue weighted by atomic mass is 79.9. The van der Waals surface area contributed by atoms with Crippen LogP contribution in [-0.4, -0.2) is 10.9 Å². The van der Waals surface area contributed by atoms with Gasteiger partial charge in [-0.25, -0.2) is 9.37 Å². The van der Waals surface area contributed by atoms with Crippen molar-refractivity contribution in [1.29, 1.82) is 0 Å². The molecule has 0 fully saturated rings. The van der Waals surface area contributed by atoms with E-state index in [1.54, 1.807) is 19.1 Å². The monoisotopic (exact) mass is 324 g/mol. The van der Waals surface area contributed by atoms with E-state index in [0.717, 1.165) is 0 Å². The number of amides is 1. The third-order valence-corrected chi connectivity index (χ3v) is 2.96. The minimum absolute atomic E-state index is 0.00972. The molecular formula is C13H10BrFN2O2. The summed E-state index contributed by atoms with van der Waals surface area (Å²) in [6.07, 6.45) is 1.47. The molecule has 0 unspecified atom stereocenters. The van der Waals surface area contributed by atoms with Crippen molar-refractivity contribution in [2.24, 2.45) is 5.73 Å². The van der Waals surface area contributed by atoms with Gasteiger partial charge in [0, 0.05) is 10.7 Å². The lowest BCUT2D eigenvalue weighted by atomic mass is 10.1. The van der Waals surface area contributed by atoms with E-state index in [4.69, 9.17) is 10.5 Å². The lowest BCUT2D eigenvalue weighted by Gasteiger charge is -2.10. The second-order valence-electron chi connectivity index (χ2n) is 3.85. The number of halogens is 2. The van der Waals surface area contributed by atoms with Crippen LogP contribution in [0.4, 0.5) is 4.39 Å². The van der Waals surface area contributed by atoms with Crippen molar-refractivity contribution in [3.05, 3.63) is 51.9 Å². The van der Waals surface area contributed by atoms with Crippen LogP contribution in [0.15, 0.2) is 34.9 Å². The molecular weight excluding hydrogens is 315 g/mol. The van der Waals surface area contributed by atoms with Crippen molar-refractivity contribution >= 4 is 21.8 Å². The maximum absolute atomic E-state index is 13.6. The number of hydrogen-bond acceptors (Lipinski definition) is 3. The Morgan fingerprint density at radius 2 is 2.16 bits per heavy atom. The van der Waals surface area contributed by atoms with Crippen molar-refractivity contribution in [3.63, 3.8) is 0 Å². The molecule has 1 amide bonds. The summed E-state index contributed by atoms with van der Waals surface area (Å²) < 4.78 is 19.6. The summed E-state index contributed by atoms with van der Waals surface area (Å²) in [5.41, 5.74) is 6.03. The van der Waals surface area contributed by atoms with Crippen molar-refractivity contribution in [3.8, 4) is 11.6 Å². The first-order valence-corrected chi connectivity index (χ1v) is 6.16. The van der Waals surface area contributed by atoms with Gasteiger partial charge in [0.15, 0.2) is 11.6 Å². The van der Waals surface area contributed by atoms with Crippen molar-refractivity contribution in [2.75, 3.05) is 0 Å². The molecule has 0 atom stereocenters. The van der Waals surface area contributed by atoms with Crippen LogP contribution in [0.1, 0.15) is 15.9 Å². The maximum Gasteiger partial charge on any atom is 0.254 e. The first-order chi connectivity index (χ1) is 8.99. The van der Waals surface area contributed by atoms with Gasteiger partial charge in [-0.05, 0) is 36.8 Å². The number of pyridine rings is 1. The van der Waals surface area contributed by atoms with Crippen LogP contribution in [0.3, 0.4) is 0 Å². The third-order valence-electron chi connectivity index (χ3n) is 2.47. The Hall–Kier alpha value is -1.95. The predicted molar refractivity (Wildman–Crippen MR) is 71.7 cm³/mol. The molecule has 4 nitrogen and oxygen atoms in total. The average Bonchev–Trinajstić information content (AvgIpc) is 2.33. The van der Waals surface area contributed by atoms with E-state index in [-0.39, 0.29) is 17.2 Å². The van der Waals surface area contributed by atoms with Gasteiger partial charge in [-0.3, -0.25) is 4.79 Å². The number of nitrogens with zero attached hydrogens (tertiary/aromatic N) is 1. The Morgan fingerprint density at radius 3 is 2.84 bits per heavy atom. The topological polar surface area (TPSA) is 65.2 Å². The molecule has 2 rings (SSSR count). The first kappa shape index (κ1) is 13.5. The molecule has 98 valence electrons. The van der Waals surface area contributed by atoms with E-state index in [0.29, 0.717) is 10.0 Å². The Kier molecular flexibility index (Phi) is 3.80. The number of carbonyl (C=O) groups is 1. The molecule has 0 aliphatic heterocycles. The van der Waals surface area contributed by atoms with Crippen molar-refractivity contribution in [2.45, 2.75) is 6.92 Å². The molecule has 1 aromatic heterocycles. The minimum atomic E-state index is -0.670. The predicted octanol–water partition coefficient (Wildman–Crippen LogP) is 3.18. The number of aromatic nitrogens is 1. The minimum Gasteiger partial charge on any atom is -0.435 e. The van der Waals surface area contributed by atoms with E-state index in [1.807, 2.05) is 0 Å². The molecule has 0 saturated heterocycles. The highest BCUT2D eigenvalue weighted by Gasteiger charge is 2.16. The van der Waals surface area contributed by atoms with Crippen molar-refractivity contribution < 1.29 is 13.9 Å². The second kappa shape index (κ2) is 5.36. The fraction of sp³-hybridized carbons (Fsp3) is 0.0769. The highest BCUT2D eigenvalue weighted by molar-refractivity contribution is 9.10. The molecule has 0 spiro atoms. The molecule has 1 aromatic carbocycles. The lowest BCUT2D eigenvalue weighted by Crippen LogP contribution is -2.15. The Labute approximate surface area is 117 Å². The van der Waals surface area contributed by atoms with E-state index in [1.165, 1.54) is 18.3 Å². The van der Waals surface area contributed by atoms with Crippen LogP contribution >= 0.6 is 15.9 Å². The summed E-state index contributed by atoms with van der Waals surface area (Å²) in [7, 11) is 0. The van der Waals surface area contributed by atoms with Crippen LogP contribution in [0.25, 0.3) is 0 Å². The van der Waals surface area contributed by atoms with Gasteiger partial charge in [-0.2, -0.15) is 0 Å². The zero-order chi connectivity index (χ0) is 14.0. The number of benzene rings is 1. The van der Waals surface area contributed by atoms with Crippen LogP contribution < -0.4 is 10.5 Å². The normalized spacial score (nSPS) is 10.3. The van der Waals surface area contributed by atoms with Crippen LogP contribution in [-0.2, 0) is 0 Å². The van der Waals surface area contributed by atoms with Gasteiger partial charge in [0.1, 0.15) is 5.56 Å². The Bertz CT molecular complexity index is 647. The first-order valence-electron chi connectivity index (χ1n) is 5.37. The molecule has 0 saturated carbocycles. The van der Waals surface area contributed by atoms with E-state index in [2.05, 4.69) is 20.9 Å². The molecule has 0 bridgehead atoms. The summed E-state index contributed by atoms with van der Waals surface area (Å²) >= 11 is 3.21. The van der Waals surface area contributed by atoms with Gasteiger partial charge in [0.05, 0.1) is 0 Å².